The van der Waals surface area contributed by atoms with E-state index in [9.17, 15) is 4.79 Å². The number of hydrogen-bond acceptors (Lipinski definition) is 3. The van der Waals surface area contributed by atoms with Gasteiger partial charge in [0.05, 0.1) is 21.9 Å². The minimum atomic E-state index is -0.529. The summed E-state index contributed by atoms with van der Waals surface area (Å²) in [7, 11) is 0. The van der Waals surface area contributed by atoms with Crippen LogP contribution in [0.25, 0.3) is 28.2 Å². The van der Waals surface area contributed by atoms with Gasteiger partial charge in [0.1, 0.15) is 11.2 Å². The lowest BCUT2D eigenvalue weighted by atomic mass is 9.71. The highest BCUT2D eigenvalue weighted by Gasteiger charge is 2.41. The molecule has 0 atom stereocenters. The fourth-order valence-corrected chi connectivity index (χ4v) is 4.71. The van der Waals surface area contributed by atoms with E-state index in [1.54, 1.807) is 0 Å². The minimum Gasteiger partial charge on any atom is -0.444 e. The summed E-state index contributed by atoms with van der Waals surface area (Å²) in [5, 5.41) is 3.79. The fourth-order valence-electron chi connectivity index (χ4n) is 4.55. The molecule has 0 aliphatic heterocycles. The van der Waals surface area contributed by atoms with Crippen LogP contribution in [0.2, 0.25) is 5.02 Å². The lowest BCUT2D eigenvalue weighted by Crippen LogP contribution is -2.52. The van der Waals surface area contributed by atoms with E-state index < -0.39 is 5.60 Å². The predicted molar refractivity (Wildman–Crippen MR) is 136 cm³/mol. The number of carbonyl (C=O) groups is 1. The van der Waals surface area contributed by atoms with Crippen molar-refractivity contribution in [2.24, 2.45) is 0 Å². The Kier molecular flexibility index (Phi) is 5.61. The van der Waals surface area contributed by atoms with Crippen LogP contribution in [0, 0.1) is 0 Å². The average molecular weight is 474 g/mol. The molecule has 1 amide bonds. The monoisotopic (exact) mass is 473 g/mol. The highest BCUT2D eigenvalue weighted by molar-refractivity contribution is 6.30. The molecule has 5 nitrogen and oxygen atoms in total. The summed E-state index contributed by atoms with van der Waals surface area (Å²) in [6.07, 6.45) is 4.39. The smallest absolute Gasteiger partial charge is 0.408 e. The molecule has 1 N–H and O–H groups in total. The van der Waals surface area contributed by atoms with Gasteiger partial charge >= 0.3 is 6.09 Å². The van der Waals surface area contributed by atoms with Gasteiger partial charge in [0.2, 0.25) is 0 Å². The van der Waals surface area contributed by atoms with Gasteiger partial charge in [-0.25, -0.2) is 9.78 Å². The number of amides is 1. The summed E-state index contributed by atoms with van der Waals surface area (Å²) in [6, 6.07) is 22.4. The Hall–Kier alpha value is -3.31. The van der Waals surface area contributed by atoms with Gasteiger partial charge in [-0.1, -0.05) is 66.2 Å². The van der Waals surface area contributed by atoms with Crippen molar-refractivity contribution in [1.82, 2.24) is 14.7 Å². The number of rotatable bonds is 4. The van der Waals surface area contributed by atoms with Crippen LogP contribution in [0.15, 0.2) is 72.9 Å². The number of benzene rings is 2. The molecule has 5 rings (SSSR count). The number of fused-ring (bicyclic) bond motifs is 1. The molecule has 2 heterocycles. The Morgan fingerprint density at radius 2 is 1.71 bits per heavy atom. The van der Waals surface area contributed by atoms with Gasteiger partial charge in [-0.05, 0) is 57.7 Å². The second kappa shape index (κ2) is 8.48. The first-order valence-corrected chi connectivity index (χ1v) is 12.0. The highest BCUT2D eigenvalue weighted by atomic mass is 35.5. The largest absolute Gasteiger partial charge is 0.444 e. The van der Waals surface area contributed by atoms with E-state index >= 15 is 0 Å². The van der Waals surface area contributed by atoms with Gasteiger partial charge in [0, 0.05) is 17.3 Å². The molecule has 1 saturated carbocycles. The van der Waals surface area contributed by atoms with Crippen molar-refractivity contribution < 1.29 is 9.53 Å². The molecular weight excluding hydrogens is 446 g/mol. The maximum Gasteiger partial charge on any atom is 0.408 e. The van der Waals surface area contributed by atoms with E-state index in [0.717, 1.165) is 53.0 Å². The Morgan fingerprint density at radius 1 is 1.00 bits per heavy atom. The highest BCUT2D eigenvalue weighted by Crippen LogP contribution is 2.42. The molecule has 174 valence electrons. The topological polar surface area (TPSA) is 55.6 Å². The summed E-state index contributed by atoms with van der Waals surface area (Å²) < 4.78 is 7.56. The van der Waals surface area contributed by atoms with Crippen molar-refractivity contribution in [3.05, 3.63) is 83.5 Å². The molecule has 34 heavy (non-hydrogen) atoms. The zero-order valence-corrected chi connectivity index (χ0v) is 20.4. The van der Waals surface area contributed by atoms with Gasteiger partial charge in [-0.2, -0.15) is 0 Å². The summed E-state index contributed by atoms with van der Waals surface area (Å²) in [5.74, 6) is 0. The number of nitrogens with zero attached hydrogens (tertiary/aromatic N) is 2. The second-order valence-corrected chi connectivity index (χ2v) is 10.3. The molecule has 1 fully saturated rings. The Bertz CT molecular complexity index is 1330. The maximum absolute atomic E-state index is 12.5. The Morgan fingerprint density at radius 3 is 2.32 bits per heavy atom. The van der Waals surface area contributed by atoms with Gasteiger partial charge in [0.15, 0.2) is 0 Å². The third kappa shape index (κ3) is 4.28. The zero-order valence-electron chi connectivity index (χ0n) is 19.6. The number of alkyl carbamates (subject to hydrolysis) is 1. The molecule has 0 radical (unpaired) electrons. The van der Waals surface area contributed by atoms with Crippen molar-refractivity contribution in [2.45, 2.75) is 51.2 Å². The summed E-state index contributed by atoms with van der Waals surface area (Å²) >= 11 is 6.31. The summed E-state index contributed by atoms with van der Waals surface area (Å²) in [5.41, 5.74) is 4.98. The van der Waals surface area contributed by atoms with Gasteiger partial charge in [0.25, 0.3) is 0 Å². The lowest BCUT2D eigenvalue weighted by Gasteiger charge is -2.43. The van der Waals surface area contributed by atoms with E-state index in [1.807, 2.05) is 61.7 Å². The van der Waals surface area contributed by atoms with Crippen LogP contribution >= 0.6 is 11.6 Å². The quantitative estimate of drug-likeness (QED) is 0.340. The molecule has 1 aliphatic carbocycles. The molecule has 0 spiro atoms. The zero-order chi connectivity index (χ0) is 23.9. The molecule has 6 heteroatoms. The number of ether oxygens (including phenoxy) is 1. The normalized spacial score (nSPS) is 15.1. The van der Waals surface area contributed by atoms with E-state index in [2.05, 4.69) is 41.7 Å². The van der Waals surface area contributed by atoms with Crippen LogP contribution in [-0.4, -0.2) is 21.1 Å². The Balaban J connectivity index is 1.52. The van der Waals surface area contributed by atoms with Gasteiger partial charge in [-0.3, -0.25) is 4.40 Å². The van der Waals surface area contributed by atoms with E-state index in [0.29, 0.717) is 5.02 Å². The van der Waals surface area contributed by atoms with Crippen molar-refractivity contribution in [3.63, 3.8) is 0 Å². The molecule has 1 aliphatic rings. The number of hydrogen-bond donors (Lipinski definition) is 1. The Labute approximate surface area is 204 Å². The van der Waals surface area contributed by atoms with Gasteiger partial charge < -0.3 is 10.1 Å². The number of aromatic nitrogens is 2. The van der Waals surface area contributed by atoms with Crippen LogP contribution < -0.4 is 5.32 Å². The molecule has 4 aromatic rings. The van der Waals surface area contributed by atoms with Crippen LogP contribution in [0.5, 0.6) is 0 Å². The van der Waals surface area contributed by atoms with Crippen LogP contribution in [0.1, 0.15) is 45.6 Å². The number of halogens is 1. The second-order valence-electron chi connectivity index (χ2n) is 9.89. The van der Waals surface area contributed by atoms with Crippen molar-refractivity contribution in [1.29, 1.82) is 0 Å². The van der Waals surface area contributed by atoms with Crippen molar-refractivity contribution in [2.75, 3.05) is 0 Å². The average Bonchev–Trinajstić information content (AvgIpc) is 3.14. The molecule has 2 aromatic heterocycles. The molecular formula is C28H28ClN3O2. The van der Waals surface area contributed by atoms with E-state index in [4.69, 9.17) is 21.3 Å². The van der Waals surface area contributed by atoms with Crippen molar-refractivity contribution in [3.8, 4) is 22.5 Å². The first-order chi connectivity index (χ1) is 16.2. The van der Waals surface area contributed by atoms with Crippen LogP contribution in [-0.2, 0) is 10.3 Å². The van der Waals surface area contributed by atoms with Gasteiger partial charge in [-0.15, -0.1) is 0 Å². The standard InChI is InChI=1S/C28H28ClN3O2/c1-27(2,3)34-26(33)31-28(16-7-17-28)21-12-10-19(11-13-21)24-25(20-8-5-4-6-9-20)32-18-22(29)14-15-23(32)30-24/h4-6,8-15,18H,7,16-17H2,1-3H3,(H,31,33). The lowest BCUT2D eigenvalue weighted by molar-refractivity contribution is 0.0377. The van der Waals surface area contributed by atoms with Crippen LogP contribution in [0.3, 0.4) is 0 Å². The molecule has 0 unspecified atom stereocenters. The number of nitrogens with one attached hydrogen (secondary N) is 1. The van der Waals surface area contributed by atoms with Crippen LogP contribution in [0.4, 0.5) is 4.79 Å². The third-order valence-corrected chi connectivity index (χ3v) is 6.51. The molecule has 0 saturated heterocycles. The first kappa shape index (κ1) is 22.5. The third-order valence-electron chi connectivity index (χ3n) is 6.29. The molecule has 0 bridgehead atoms. The summed E-state index contributed by atoms with van der Waals surface area (Å²) in [4.78, 5) is 17.4. The predicted octanol–water partition coefficient (Wildman–Crippen LogP) is 7.23. The minimum absolute atomic E-state index is 0.375. The number of pyridine rings is 1. The van der Waals surface area contributed by atoms with E-state index in [1.165, 1.54) is 0 Å². The first-order valence-electron chi connectivity index (χ1n) is 11.6. The van der Waals surface area contributed by atoms with Crippen molar-refractivity contribution >= 4 is 23.3 Å². The molecule has 2 aromatic carbocycles. The fraction of sp³-hybridized carbons (Fsp3) is 0.286. The number of imidazole rings is 1. The van der Waals surface area contributed by atoms with E-state index in [-0.39, 0.29) is 11.6 Å². The SMILES string of the molecule is CC(C)(C)OC(=O)NC1(c2ccc(-c3nc4ccc(Cl)cn4c3-c3ccccc3)cc2)CCC1. The number of carbonyl (C=O) groups excluding carboxylic acids is 1. The maximum atomic E-state index is 12.5. The summed E-state index contributed by atoms with van der Waals surface area (Å²) in [6.45, 7) is 5.63.